The van der Waals surface area contributed by atoms with Gasteiger partial charge in [-0.25, -0.2) is 4.98 Å². The summed E-state index contributed by atoms with van der Waals surface area (Å²) in [4.78, 5) is 29.3. The van der Waals surface area contributed by atoms with E-state index in [0.29, 0.717) is 18.0 Å². The predicted octanol–water partition coefficient (Wildman–Crippen LogP) is 3.19. The van der Waals surface area contributed by atoms with E-state index in [1.807, 2.05) is 18.2 Å². The second-order valence-corrected chi connectivity index (χ2v) is 7.44. The molecule has 4 rings (SSSR count). The second-order valence-electron chi connectivity index (χ2n) is 7.44. The summed E-state index contributed by atoms with van der Waals surface area (Å²) in [7, 11) is 0. The highest BCUT2D eigenvalue weighted by atomic mass is 16.7. The van der Waals surface area contributed by atoms with Gasteiger partial charge in [0.2, 0.25) is 6.79 Å². The first-order chi connectivity index (χ1) is 14.2. The van der Waals surface area contributed by atoms with Crippen molar-refractivity contribution in [3.05, 3.63) is 53.3 Å². The van der Waals surface area contributed by atoms with E-state index in [1.165, 1.54) is 12.8 Å². The first-order valence-corrected chi connectivity index (χ1v) is 10.1. The van der Waals surface area contributed by atoms with Crippen molar-refractivity contribution >= 4 is 11.8 Å². The van der Waals surface area contributed by atoms with E-state index in [4.69, 9.17) is 9.47 Å². The third kappa shape index (κ3) is 4.85. The van der Waals surface area contributed by atoms with Gasteiger partial charge in [0.25, 0.3) is 11.8 Å². The van der Waals surface area contributed by atoms with E-state index in [-0.39, 0.29) is 36.0 Å². The summed E-state index contributed by atoms with van der Waals surface area (Å²) in [5.41, 5.74) is 1.38. The molecule has 7 heteroatoms. The lowest BCUT2D eigenvalue weighted by atomic mass is 10.1. The molecule has 2 N–H and O–H groups in total. The minimum Gasteiger partial charge on any atom is -0.454 e. The van der Waals surface area contributed by atoms with Crippen LogP contribution >= 0.6 is 0 Å². The van der Waals surface area contributed by atoms with Crippen LogP contribution in [0.3, 0.4) is 0 Å². The van der Waals surface area contributed by atoms with Crippen LogP contribution in [0.2, 0.25) is 0 Å². The molecular weight excluding hydrogens is 370 g/mol. The van der Waals surface area contributed by atoms with Gasteiger partial charge in [-0.15, -0.1) is 0 Å². The molecule has 0 saturated heterocycles. The van der Waals surface area contributed by atoms with Crippen molar-refractivity contribution < 1.29 is 19.1 Å². The van der Waals surface area contributed by atoms with Crippen LogP contribution in [-0.4, -0.2) is 29.6 Å². The average Bonchev–Trinajstić information content (AvgIpc) is 3.07. The summed E-state index contributed by atoms with van der Waals surface area (Å²) in [5, 5.41) is 5.90. The number of carbonyl (C=O) groups excluding carboxylic acids is 2. The number of nitrogens with zero attached hydrogens (tertiary/aromatic N) is 1. The zero-order chi connectivity index (χ0) is 20.1. The highest BCUT2D eigenvalue weighted by Gasteiger charge is 2.18. The molecule has 0 unspecified atom stereocenters. The number of carbonyl (C=O) groups is 2. The SMILES string of the molecule is O=C(NCc1ccc2c(c1)OCO2)c1cccc(C(=O)NC2CCCCCC2)n1. The lowest BCUT2D eigenvalue weighted by molar-refractivity contribution is 0.0927. The topological polar surface area (TPSA) is 89.5 Å². The third-order valence-corrected chi connectivity index (χ3v) is 5.29. The first kappa shape index (κ1) is 19.2. The van der Waals surface area contributed by atoms with Crippen molar-refractivity contribution in [3.63, 3.8) is 0 Å². The van der Waals surface area contributed by atoms with Crippen LogP contribution in [0.25, 0.3) is 0 Å². The number of hydrogen-bond donors (Lipinski definition) is 2. The van der Waals surface area contributed by atoms with Crippen LogP contribution in [0.4, 0.5) is 0 Å². The fraction of sp³-hybridized carbons (Fsp3) is 0.409. The minimum absolute atomic E-state index is 0.190. The van der Waals surface area contributed by atoms with Gasteiger partial charge in [-0.1, -0.05) is 37.8 Å². The number of nitrogens with one attached hydrogen (secondary N) is 2. The fourth-order valence-corrected chi connectivity index (χ4v) is 3.69. The lowest BCUT2D eigenvalue weighted by Gasteiger charge is -2.16. The molecule has 0 atom stereocenters. The Morgan fingerprint density at radius 3 is 2.45 bits per heavy atom. The van der Waals surface area contributed by atoms with Crippen LogP contribution in [0.1, 0.15) is 65.1 Å². The van der Waals surface area contributed by atoms with Crippen molar-refractivity contribution in [3.8, 4) is 11.5 Å². The highest BCUT2D eigenvalue weighted by molar-refractivity contribution is 5.96. The van der Waals surface area contributed by atoms with Gasteiger partial charge >= 0.3 is 0 Å². The number of hydrogen-bond acceptors (Lipinski definition) is 5. The molecule has 1 fully saturated rings. The highest BCUT2D eigenvalue weighted by Crippen LogP contribution is 2.32. The maximum atomic E-state index is 12.6. The fourth-order valence-electron chi connectivity index (χ4n) is 3.69. The molecule has 1 aliphatic carbocycles. The van der Waals surface area contributed by atoms with E-state index in [9.17, 15) is 9.59 Å². The summed E-state index contributed by atoms with van der Waals surface area (Å²) in [6, 6.07) is 10.7. The van der Waals surface area contributed by atoms with Gasteiger partial charge in [-0.2, -0.15) is 0 Å². The van der Waals surface area contributed by atoms with E-state index >= 15 is 0 Å². The van der Waals surface area contributed by atoms with Gasteiger partial charge < -0.3 is 20.1 Å². The van der Waals surface area contributed by atoms with E-state index in [2.05, 4.69) is 15.6 Å². The molecule has 152 valence electrons. The summed E-state index contributed by atoms with van der Waals surface area (Å²) in [6.07, 6.45) is 6.73. The van der Waals surface area contributed by atoms with Crippen molar-refractivity contribution in [2.75, 3.05) is 6.79 Å². The Morgan fingerprint density at radius 1 is 0.931 bits per heavy atom. The Morgan fingerprint density at radius 2 is 1.66 bits per heavy atom. The second kappa shape index (κ2) is 8.94. The van der Waals surface area contributed by atoms with Crippen molar-refractivity contribution in [1.29, 1.82) is 0 Å². The Balaban J connectivity index is 1.36. The van der Waals surface area contributed by atoms with Gasteiger partial charge in [0.15, 0.2) is 11.5 Å². The van der Waals surface area contributed by atoms with Crippen molar-refractivity contribution in [2.24, 2.45) is 0 Å². The molecule has 2 aliphatic rings. The first-order valence-electron chi connectivity index (χ1n) is 10.1. The smallest absolute Gasteiger partial charge is 0.270 e. The normalized spacial score (nSPS) is 16.1. The molecular formula is C22H25N3O4. The monoisotopic (exact) mass is 395 g/mol. The van der Waals surface area contributed by atoms with Gasteiger partial charge in [-0.3, -0.25) is 9.59 Å². The molecule has 1 saturated carbocycles. The summed E-state index contributed by atoms with van der Waals surface area (Å²) < 4.78 is 10.6. The number of pyridine rings is 1. The van der Waals surface area contributed by atoms with Gasteiger partial charge in [-0.05, 0) is 42.7 Å². The van der Waals surface area contributed by atoms with Gasteiger partial charge in [0, 0.05) is 12.6 Å². The molecule has 1 aliphatic heterocycles. The van der Waals surface area contributed by atoms with Gasteiger partial charge in [0.1, 0.15) is 11.4 Å². The van der Waals surface area contributed by atoms with E-state index in [1.54, 1.807) is 18.2 Å². The van der Waals surface area contributed by atoms with Crippen LogP contribution < -0.4 is 20.1 Å². The minimum atomic E-state index is -0.327. The standard InChI is InChI=1S/C22H25N3O4/c26-21(23-13-15-10-11-19-20(12-15)29-14-28-19)17-8-5-9-18(25-17)22(27)24-16-6-3-1-2-4-7-16/h5,8-12,16H,1-4,6-7,13-14H2,(H,23,26)(H,24,27). The number of fused-ring (bicyclic) bond motifs is 1. The Labute approximate surface area is 169 Å². The maximum Gasteiger partial charge on any atom is 0.270 e. The quantitative estimate of drug-likeness (QED) is 0.759. The largest absolute Gasteiger partial charge is 0.454 e. The van der Waals surface area contributed by atoms with Crippen LogP contribution in [-0.2, 0) is 6.54 Å². The van der Waals surface area contributed by atoms with Gasteiger partial charge in [0.05, 0.1) is 0 Å². The maximum absolute atomic E-state index is 12.6. The molecule has 7 nitrogen and oxygen atoms in total. The Kier molecular flexibility index (Phi) is 5.93. The zero-order valence-electron chi connectivity index (χ0n) is 16.3. The average molecular weight is 395 g/mol. The lowest BCUT2D eigenvalue weighted by Crippen LogP contribution is -2.35. The van der Waals surface area contributed by atoms with Crippen molar-refractivity contribution in [2.45, 2.75) is 51.1 Å². The molecule has 1 aromatic carbocycles. The molecule has 0 bridgehead atoms. The van der Waals surface area contributed by atoms with Crippen molar-refractivity contribution in [1.82, 2.24) is 15.6 Å². The Bertz CT molecular complexity index is 891. The summed E-state index contributed by atoms with van der Waals surface area (Å²) in [6.45, 7) is 0.542. The summed E-state index contributed by atoms with van der Waals surface area (Å²) in [5.74, 6) is 0.829. The molecule has 0 spiro atoms. The number of benzene rings is 1. The number of ether oxygens (including phenoxy) is 2. The van der Waals surface area contributed by atoms with E-state index in [0.717, 1.165) is 31.2 Å². The predicted molar refractivity (Wildman–Crippen MR) is 107 cm³/mol. The van der Waals surface area contributed by atoms with E-state index < -0.39 is 0 Å². The molecule has 2 amide bonds. The number of rotatable bonds is 5. The van der Waals surface area contributed by atoms with Crippen LogP contribution in [0.15, 0.2) is 36.4 Å². The van der Waals surface area contributed by atoms with Crippen LogP contribution in [0, 0.1) is 0 Å². The molecule has 2 aromatic rings. The molecule has 2 heterocycles. The molecule has 1 aromatic heterocycles. The molecule has 29 heavy (non-hydrogen) atoms. The summed E-state index contributed by atoms with van der Waals surface area (Å²) >= 11 is 0. The Hall–Kier alpha value is -3.09. The van der Waals surface area contributed by atoms with Crippen LogP contribution in [0.5, 0.6) is 11.5 Å². The number of amides is 2. The molecule has 0 radical (unpaired) electrons. The number of aromatic nitrogens is 1. The third-order valence-electron chi connectivity index (χ3n) is 5.29. The zero-order valence-corrected chi connectivity index (χ0v) is 16.3.